The lowest BCUT2D eigenvalue weighted by atomic mass is 10.3. The number of carbonyl (C=O) groups is 1. The van der Waals surface area contributed by atoms with E-state index in [9.17, 15) is 13.2 Å². The van der Waals surface area contributed by atoms with Crippen LogP contribution in [0.4, 0.5) is 0 Å². The lowest BCUT2D eigenvalue weighted by Gasteiger charge is -1.99. The predicted octanol–water partition coefficient (Wildman–Crippen LogP) is 1.87. The predicted molar refractivity (Wildman–Crippen MR) is 52.3 cm³/mol. The van der Waals surface area contributed by atoms with Gasteiger partial charge in [-0.25, -0.2) is 13.4 Å². The van der Waals surface area contributed by atoms with E-state index >= 15 is 0 Å². The normalized spacial score (nSPS) is 11.4. The fraction of sp³-hybridized carbons (Fsp3) is 0.143. The lowest BCUT2D eigenvalue weighted by molar-refractivity contribution is 0.101. The summed E-state index contributed by atoms with van der Waals surface area (Å²) in [6.45, 7) is 1.25. The fourth-order valence-electron chi connectivity index (χ4n) is 0.779. The Morgan fingerprint density at radius 1 is 1.43 bits per heavy atom. The molecule has 0 amide bonds. The highest BCUT2D eigenvalue weighted by Gasteiger charge is 2.15. The van der Waals surface area contributed by atoms with E-state index in [1.54, 1.807) is 0 Å². The Morgan fingerprint density at radius 3 is 2.43 bits per heavy atom. The van der Waals surface area contributed by atoms with Crippen LogP contribution in [0, 0.1) is 0 Å². The third kappa shape index (κ3) is 2.67. The van der Waals surface area contributed by atoms with Crippen molar-refractivity contribution in [1.82, 2.24) is 4.98 Å². The van der Waals surface area contributed by atoms with E-state index in [0.29, 0.717) is 0 Å². The zero-order chi connectivity index (χ0) is 10.9. The molecule has 14 heavy (non-hydrogen) atoms. The molecule has 0 radical (unpaired) electrons. The summed E-state index contributed by atoms with van der Waals surface area (Å²) in [4.78, 5) is 14.5. The number of Topliss-reactive ketones (excluding diaryl/α,β-unsaturated/α-hetero) is 1. The molecule has 0 saturated heterocycles. The van der Waals surface area contributed by atoms with Crippen molar-refractivity contribution in [3.8, 4) is 0 Å². The molecule has 1 rings (SSSR count). The summed E-state index contributed by atoms with van der Waals surface area (Å²) in [6.07, 6.45) is 0. The Morgan fingerprint density at radius 2 is 2.00 bits per heavy atom. The smallest absolute Gasteiger partial charge is 0.278 e. The second-order valence-electron chi connectivity index (χ2n) is 2.50. The molecule has 0 bridgehead atoms. The van der Waals surface area contributed by atoms with Gasteiger partial charge < -0.3 is 0 Å². The fourth-order valence-corrected chi connectivity index (χ4v) is 1.76. The molecule has 4 nitrogen and oxygen atoms in total. The Kier molecular flexibility index (Phi) is 3.14. The summed E-state index contributed by atoms with van der Waals surface area (Å²) in [7, 11) is 1.09. The van der Waals surface area contributed by atoms with Crippen molar-refractivity contribution in [2.75, 3.05) is 0 Å². The van der Waals surface area contributed by atoms with Crippen LogP contribution in [-0.2, 0) is 9.05 Å². The molecule has 0 saturated carbocycles. The van der Waals surface area contributed by atoms with E-state index in [4.69, 9.17) is 22.3 Å². The van der Waals surface area contributed by atoms with Gasteiger partial charge in [0, 0.05) is 22.6 Å². The molecule has 0 aromatic carbocycles. The first kappa shape index (κ1) is 11.4. The summed E-state index contributed by atoms with van der Waals surface area (Å²) in [5, 5.41) is -0.318. The molecule has 0 fully saturated rings. The maximum absolute atomic E-state index is 10.9. The van der Waals surface area contributed by atoms with Crippen LogP contribution < -0.4 is 0 Å². The minimum atomic E-state index is -3.96. The molecule has 0 atom stereocenters. The second kappa shape index (κ2) is 3.84. The van der Waals surface area contributed by atoms with Gasteiger partial charge in [-0.2, -0.15) is 0 Å². The zero-order valence-corrected chi connectivity index (χ0v) is 9.32. The maximum atomic E-state index is 10.9. The third-order valence-corrected chi connectivity index (χ3v) is 2.78. The molecule has 1 aromatic heterocycles. The lowest BCUT2D eigenvalue weighted by Crippen LogP contribution is -2.02. The van der Waals surface area contributed by atoms with Gasteiger partial charge in [-0.05, 0) is 12.1 Å². The van der Waals surface area contributed by atoms with Gasteiger partial charge in [0.15, 0.2) is 10.8 Å². The van der Waals surface area contributed by atoms with Crippen molar-refractivity contribution in [2.24, 2.45) is 0 Å². The number of hydrogen-bond donors (Lipinski definition) is 0. The summed E-state index contributed by atoms with van der Waals surface area (Å²) < 4.78 is 21.8. The van der Waals surface area contributed by atoms with Crippen molar-refractivity contribution in [1.29, 1.82) is 0 Å². The van der Waals surface area contributed by atoms with Crippen LogP contribution in [0.3, 0.4) is 0 Å². The SMILES string of the molecule is CC(=O)c1cc(Cl)cc(S(=O)(=O)Cl)n1. The first-order valence-corrected chi connectivity index (χ1v) is 6.12. The highest BCUT2D eigenvalue weighted by atomic mass is 35.7. The van der Waals surface area contributed by atoms with Gasteiger partial charge in [0.05, 0.1) is 0 Å². The largest absolute Gasteiger partial charge is 0.293 e. The van der Waals surface area contributed by atoms with E-state index in [-0.39, 0.29) is 16.5 Å². The minimum Gasteiger partial charge on any atom is -0.293 e. The first-order valence-electron chi connectivity index (χ1n) is 3.44. The van der Waals surface area contributed by atoms with E-state index < -0.39 is 14.1 Å². The number of pyridine rings is 1. The standard InChI is InChI=1S/C7H5Cl2NO3S/c1-4(11)6-2-5(8)3-7(10-6)14(9,12)13/h2-3H,1H3. The van der Waals surface area contributed by atoms with Crippen molar-refractivity contribution >= 4 is 37.1 Å². The van der Waals surface area contributed by atoms with Gasteiger partial charge in [0.25, 0.3) is 9.05 Å². The quantitative estimate of drug-likeness (QED) is 0.596. The average molecular weight is 254 g/mol. The molecule has 7 heteroatoms. The van der Waals surface area contributed by atoms with E-state index in [1.807, 2.05) is 0 Å². The van der Waals surface area contributed by atoms with Gasteiger partial charge in [-0.1, -0.05) is 11.6 Å². The van der Waals surface area contributed by atoms with Gasteiger partial charge in [0.1, 0.15) is 5.69 Å². The number of ketones is 1. The zero-order valence-electron chi connectivity index (χ0n) is 6.99. The van der Waals surface area contributed by atoms with Crippen LogP contribution in [-0.4, -0.2) is 19.2 Å². The van der Waals surface area contributed by atoms with Crippen LogP contribution in [0.5, 0.6) is 0 Å². The van der Waals surface area contributed by atoms with Gasteiger partial charge in [-0.3, -0.25) is 4.79 Å². The van der Waals surface area contributed by atoms with Gasteiger partial charge >= 0.3 is 0 Å². The van der Waals surface area contributed by atoms with E-state index in [0.717, 1.165) is 6.07 Å². The Hall–Kier alpha value is -0.650. The first-order chi connectivity index (χ1) is 6.30. The molecule has 0 unspecified atom stereocenters. The van der Waals surface area contributed by atoms with Crippen LogP contribution >= 0.6 is 22.3 Å². The Bertz CT molecular complexity index is 484. The second-order valence-corrected chi connectivity index (χ2v) is 5.45. The molecular formula is C7H5Cl2NO3S. The number of halogens is 2. The number of hydrogen-bond acceptors (Lipinski definition) is 4. The van der Waals surface area contributed by atoms with Crippen LogP contribution in [0.25, 0.3) is 0 Å². The van der Waals surface area contributed by atoms with Crippen molar-refractivity contribution in [3.05, 3.63) is 22.8 Å². The molecule has 0 aliphatic rings. The summed E-state index contributed by atoms with van der Waals surface area (Å²) in [5.74, 6) is -0.380. The minimum absolute atomic E-state index is 0.0308. The molecule has 0 aliphatic carbocycles. The van der Waals surface area contributed by atoms with Crippen molar-refractivity contribution < 1.29 is 13.2 Å². The summed E-state index contributed by atoms with van der Waals surface area (Å²) in [6, 6.07) is 2.35. The summed E-state index contributed by atoms with van der Waals surface area (Å²) >= 11 is 5.58. The molecule has 0 N–H and O–H groups in total. The van der Waals surface area contributed by atoms with Gasteiger partial charge in [-0.15, -0.1) is 0 Å². The van der Waals surface area contributed by atoms with Crippen LogP contribution in [0.15, 0.2) is 17.2 Å². The molecule has 1 heterocycles. The Balaban J connectivity index is 3.43. The topological polar surface area (TPSA) is 64.1 Å². The maximum Gasteiger partial charge on any atom is 0.278 e. The van der Waals surface area contributed by atoms with E-state index in [2.05, 4.69) is 4.98 Å². The van der Waals surface area contributed by atoms with Crippen molar-refractivity contribution in [2.45, 2.75) is 11.9 Å². The van der Waals surface area contributed by atoms with E-state index in [1.165, 1.54) is 13.0 Å². The molecule has 1 aromatic rings. The molecule has 0 spiro atoms. The Labute approximate surface area is 90.3 Å². The number of nitrogens with zero attached hydrogens (tertiary/aromatic N) is 1. The average Bonchev–Trinajstić information content (AvgIpc) is 2.01. The highest BCUT2D eigenvalue weighted by molar-refractivity contribution is 8.13. The third-order valence-electron chi connectivity index (χ3n) is 1.38. The van der Waals surface area contributed by atoms with Crippen LogP contribution in [0.2, 0.25) is 5.02 Å². The highest BCUT2D eigenvalue weighted by Crippen LogP contribution is 2.18. The molecule has 0 aliphatic heterocycles. The van der Waals surface area contributed by atoms with Crippen molar-refractivity contribution in [3.63, 3.8) is 0 Å². The molecular weight excluding hydrogens is 249 g/mol. The summed E-state index contributed by atoms with van der Waals surface area (Å²) in [5.41, 5.74) is -0.0308. The van der Waals surface area contributed by atoms with Gasteiger partial charge in [0.2, 0.25) is 0 Å². The monoisotopic (exact) mass is 253 g/mol. The number of carbonyl (C=O) groups excluding carboxylic acids is 1. The number of aromatic nitrogens is 1. The molecule has 76 valence electrons. The van der Waals surface area contributed by atoms with Crippen LogP contribution in [0.1, 0.15) is 17.4 Å². The number of rotatable bonds is 2.